The molecule has 1 amide bonds. The van der Waals surface area contributed by atoms with Gasteiger partial charge in [-0.2, -0.15) is 0 Å². The van der Waals surface area contributed by atoms with Crippen molar-refractivity contribution in [3.63, 3.8) is 0 Å². The fourth-order valence-corrected chi connectivity index (χ4v) is 2.28. The summed E-state index contributed by atoms with van der Waals surface area (Å²) in [6.45, 7) is 2.22. The van der Waals surface area contributed by atoms with E-state index in [1.54, 1.807) is 11.9 Å². The molecule has 0 bridgehead atoms. The highest BCUT2D eigenvalue weighted by Crippen LogP contribution is 2.07. The third-order valence-electron chi connectivity index (χ3n) is 3.69. The van der Waals surface area contributed by atoms with Crippen LogP contribution in [0.2, 0.25) is 0 Å². The zero-order valence-electron chi connectivity index (χ0n) is 14.0. The molecule has 0 saturated carbocycles. The van der Waals surface area contributed by atoms with Gasteiger partial charge in [0, 0.05) is 13.6 Å². The molecule has 0 heterocycles. The predicted octanol–water partition coefficient (Wildman–Crippen LogP) is 3.82. The molecule has 0 unspecified atom stereocenters. The lowest BCUT2D eigenvalue weighted by Crippen LogP contribution is -2.28. The topological polar surface area (TPSA) is 41.6 Å². The number of carbonyl (C=O) groups is 1. The van der Waals surface area contributed by atoms with Gasteiger partial charge in [0.2, 0.25) is 0 Å². The van der Waals surface area contributed by atoms with Crippen molar-refractivity contribution >= 4 is 6.09 Å². The Bertz CT molecular complexity index is 395. The highest BCUT2D eigenvalue weighted by Gasteiger charge is 2.09. The largest absolute Gasteiger partial charge is 0.445 e. The summed E-state index contributed by atoms with van der Waals surface area (Å²) in [5.74, 6) is 0. The molecular formula is C18H30N2O2. The van der Waals surface area contributed by atoms with Crippen molar-refractivity contribution in [2.45, 2.75) is 45.1 Å². The first kappa shape index (κ1) is 18.5. The first-order chi connectivity index (χ1) is 10.7. The molecule has 0 atom stereocenters. The van der Waals surface area contributed by atoms with Crippen LogP contribution < -0.4 is 5.32 Å². The van der Waals surface area contributed by atoms with Gasteiger partial charge in [0.15, 0.2) is 0 Å². The lowest BCUT2D eigenvalue weighted by Gasteiger charge is -2.16. The van der Waals surface area contributed by atoms with Gasteiger partial charge in [-0.15, -0.1) is 0 Å². The third kappa shape index (κ3) is 8.67. The Morgan fingerprint density at radius 3 is 2.36 bits per heavy atom. The molecular weight excluding hydrogens is 276 g/mol. The van der Waals surface area contributed by atoms with Crippen LogP contribution in [-0.2, 0) is 11.3 Å². The average molecular weight is 306 g/mol. The number of benzene rings is 1. The van der Waals surface area contributed by atoms with Crippen LogP contribution in [0.25, 0.3) is 0 Å². The number of hydrogen-bond donors (Lipinski definition) is 1. The Hall–Kier alpha value is -1.55. The van der Waals surface area contributed by atoms with E-state index in [0.717, 1.165) is 25.1 Å². The van der Waals surface area contributed by atoms with Crippen LogP contribution in [0, 0.1) is 0 Å². The van der Waals surface area contributed by atoms with E-state index in [-0.39, 0.29) is 6.09 Å². The Kier molecular flexibility index (Phi) is 10.1. The highest BCUT2D eigenvalue weighted by atomic mass is 16.6. The van der Waals surface area contributed by atoms with Crippen molar-refractivity contribution in [2.75, 3.05) is 27.2 Å². The average Bonchev–Trinajstić information content (AvgIpc) is 2.55. The molecule has 1 N–H and O–H groups in total. The quantitative estimate of drug-likeness (QED) is 0.632. The van der Waals surface area contributed by atoms with E-state index in [1.165, 1.54) is 32.1 Å². The Morgan fingerprint density at radius 2 is 1.68 bits per heavy atom. The van der Waals surface area contributed by atoms with Gasteiger partial charge in [-0.1, -0.05) is 56.0 Å². The molecule has 124 valence electrons. The van der Waals surface area contributed by atoms with Crippen LogP contribution in [0.1, 0.15) is 44.1 Å². The predicted molar refractivity (Wildman–Crippen MR) is 90.9 cm³/mol. The molecule has 0 aromatic heterocycles. The Labute approximate surface area is 134 Å². The van der Waals surface area contributed by atoms with Gasteiger partial charge in [-0.05, 0) is 32.0 Å². The molecule has 1 aromatic rings. The van der Waals surface area contributed by atoms with Crippen LogP contribution in [-0.4, -0.2) is 38.2 Å². The summed E-state index contributed by atoms with van der Waals surface area (Å²) >= 11 is 0. The van der Waals surface area contributed by atoms with Gasteiger partial charge in [0.25, 0.3) is 0 Å². The second kappa shape index (κ2) is 12.0. The van der Waals surface area contributed by atoms with E-state index in [2.05, 4.69) is 5.32 Å². The van der Waals surface area contributed by atoms with Crippen molar-refractivity contribution in [2.24, 2.45) is 0 Å². The number of unbranched alkanes of at least 4 members (excludes halogenated alkanes) is 5. The number of carbonyl (C=O) groups excluding carboxylic acids is 1. The molecule has 4 heteroatoms. The Morgan fingerprint density at radius 1 is 1.05 bits per heavy atom. The molecule has 22 heavy (non-hydrogen) atoms. The SMILES string of the molecule is CNCCCCCCCCN(C)C(=O)OCc1ccccc1. The molecule has 0 aliphatic heterocycles. The normalized spacial score (nSPS) is 10.5. The molecule has 4 nitrogen and oxygen atoms in total. The number of rotatable bonds is 11. The van der Waals surface area contributed by atoms with Gasteiger partial charge in [-0.25, -0.2) is 4.79 Å². The van der Waals surface area contributed by atoms with Gasteiger partial charge in [0.1, 0.15) is 6.61 Å². The minimum absolute atomic E-state index is 0.238. The van der Waals surface area contributed by atoms with Crippen LogP contribution in [0.15, 0.2) is 30.3 Å². The van der Waals surface area contributed by atoms with Gasteiger partial charge < -0.3 is 15.0 Å². The van der Waals surface area contributed by atoms with E-state index in [0.29, 0.717) is 6.61 Å². The number of hydrogen-bond acceptors (Lipinski definition) is 3. The van der Waals surface area contributed by atoms with Crippen molar-refractivity contribution in [3.05, 3.63) is 35.9 Å². The van der Waals surface area contributed by atoms with E-state index in [4.69, 9.17) is 4.74 Å². The van der Waals surface area contributed by atoms with Crippen molar-refractivity contribution < 1.29 is 9.53 Å². The standard InChI is InChI=1S/C18H30N2O2/c1-19-14-10-5-3-4-6-11-15-20(2)18(21)22-16-17-12-8-7-9-13-17/h7-9,12-13,19H,3-6,10-11,14-16H2,1-2H3. The minimum atomic E-state index is -0.238. The summed E-state index contributed by atoms with van der Waals surface area (Å²) < 4.78 is 5.29. The number of nitrogens with one attached hydrogen (secondary N) is 1. The maximum absolute atomic E-state index is 11.9. The molecule has 1 aromatic carbocycles. The molecule has 0 aliphatic carbocycles. The van der Waals surface area contributed by atoms with E-state index < -0.39 is 0 Å². The molecule has 0 spiro atoms. The number of nitrogens with zero attached hydrogens (tertiary/aromatic N) is 1. The summed E-state index contributed by atoms with van der Waals surface area (Å²) in [5.41, 5.74) is 1.02. The first-order valence-electron chi connectivity index (χ1n) is 8.30. The zero-order chi connectivity index (χ0) is 16.0. The lowest BCUT2D eigenvalue weighted by atomic mass is 10.1. The maximum Gasteiger partial charge on any atom is 0.409 e. The smallest absolute Gasteiger partial charge is 0.409 e. The van der Waals surface area contributed by atoms with Crippen molar-refractivity contribution in [1.82, 2.24) is 10.2 Å². The van der Waals surface area contributed by atoms with Gasteiger partial charge >= 0.3 is 6.09 Å². The number of amides is 1. The van der Waals surface area contributed by atoms with Crippen LogP contribution in [0.3, 0.4) is 0 Å². The minimum Gasteiger partial charge on any atom is -0.445 e. The summed E-state index contributed by atoms with van der Waals surface area (Å²) in [7, 11) is 3.80. The van der Waals surface area contributed by atoms with E-state index >= 15 is 0 Å². The van der Waals surface area contributed by atoms with Crippen molar-refractivity contribution in [3.8, 4) is 0 Å². The summed E-state index contributed by atoms with van der Waals surface area (Å²) in [6, 6.07) is 9.77. The summed E-state index contributed by atoms with van der Waals surface area (Å²) in [5, 5.41) is 3.16. The Balaban J connectivity index is 2.02. The van der Waals surface area contributed by atoms with Gasteiger partial charge in [0.05, 0.1) is 0 Å². The second-order valence-corrected chi connectivity index (χ2v) is 5.69. The van der Waals surface area contributed by atoms with Gasteiger partial charge in [-0.3, -0.25) is 0 Å². The molecule has 0 fully saturated rings. The van der Waals surface area contributed by atoms with Crippen molar-refractivity contribution in [1.29, 1.82) is 0 Å². The molecule has 0 radical (unpaired) electrons. The lowest BCUT2D eigenvalue weighted by molar-refractivity contribution is 0.104. The van der Waals surface area contributed by atoms with E-state index in [1.807, 2.05) is 37.4 Å². The second-order valence-electron chi connectivity index (χ2n) is 5.69. The van der Waals surface area contributed by atoms with E-state index in [9.17, 15) is 4.79 Å². The van der Waals surface area contributed by atoms with Crippen LogP contribution in [0.5, 0.6) is 0 Å². The zero-order valence-corrected chi connectivity index (χ0v) is 14.0. The molecule has 1 rings (SSSR count). The monoisotopic (exact) mass is 306 g/mol. The third-order valence-corrected chi connectivity index (χ3v) is 3.69. The van der Waals surface area contributed by atoms with Crippen LogP contribution >= 0.6 is 0 Å². The molecule has 0 saturated heterocycles. The fraction of sp³-hybridized carbons (Fsp3) is 0.611. The maximum atomic E-state index is 11.9. The highest BCUT2D eigenvalue weighted by molar-refractivity contribution is 5.67. The number of ether oxygens (including phenoxy) is 1. The summed E-state index contributed by atoms with van der Waals surface area (Å²) in [4.78, 5) is 13.5. The first-order valence-corrected chi connectivity index (χ1v) is 8.30. The summed E-state index contributed by atoms with van der Waals surface area (Å²) in [6.07, 6.45) is 7.05. The van der Waals surface area contributed by atoms with Crippen LogP contribution in [0.4, 0.5) is 4.79 Å². The molecule has 0 aliphatic rings. The fourth-order valence-electron chi connectivity index (χ4n) is 2.28.